The summed E-state index contributed by atoms with van der Waals surface area (Å²) in [5.74, 6) is 1.69. The third kappa shape index (κ3) is 2.72. The average Bonchev–Trinajstić information content (AvgIpc) is 2.98. The van der Waals surface area contributed by atoms with E-state index in [9.17, 15) is 4.79 Å². The van der Waals surface area contributed by atoms with Crippen LogP contribution in [-0.4, -0.2) is 54.0 Å². The number of carbonyl (C=O) groups excluding carboxylic acids is 1. The van der Waals surface area contributed by atoms with Gasteiger partial charge in [0.05, 0.1) is 5.39 Å². The van der Waals surface area contributed by atoms with Crippen molar-refractivity contribution in [2.75, 3.05) is 42.9 Å². The van der Waals surface area contributed by atoms with Crippen molar-refractivity contribution in [3.05, 3.63) is 10.9 Å². The maximum Gasteiger partial charge on any atom is 0.228 e. The Kier molecular flexibility index (Phi) is 4.42. The van der Waals surface area contributed by atoms with E-state index in [1.54, 1.807) is 16.2 Å². The van der Waals surface area contributed by atoms with E-state index in [1.165, 1.54) is 5.56 Å². The molecule has 1 aliphatic rings. The molecule has 2 aromatic heterocycles. The van der Waals surface area contributed by atoms with Crippen LogP contribution in [0.25, 0.3) is 10.2 Å². The van der Waals surface area contributed by atoms with Gasteiger partial charge >= 0.3 is 0 Å². The Morgan fingerprint density at radius 3 is 2.68 bits per heavy atom. The lowest BCUT2D eigenvalue weighted by atomic mass is 10.2. The molecule has 6 nitrogen and oxygen atoms in total. The summed E-state index contributed by atoms with van der Waals surface area (Å²) in [5.41, 5.74) is 1.30. The van der Waals surface area contributed by atoms with Crippen molar-refractivity contribution in [2.24, 2.45) is 0 Å². The van der Waals surface area contributed by atoms with Crippen LogP contribution in [0, 0.1) is 0 Å². The van der Waals surface area contributed by atoms with Gasteiger partial charge in [-0.15, -0.1) is 11.3 Å². The third-order valence-corrected chi connectivity index (χ3v) is 4.89. The largest absolute Gasteiger partial charge is 0.370 e. The number of carbonyl (C=O) groups is 1. The SMILES string of the molecule is CCNc1nc(N2CCN(C=O)CC2)nc2scc(CC)c12. The number of aromatic nitrogens is 2. The molecule has 22 heavy (non-hydrogen) atoms. The van der Waals surface area contributed by atoms with E-state index < -0.39 is 0 Å². The van der Waals surface area contributed by atoms with Crippen LogP contribution in [0.15, 0.2) is 5.38 Å². The molecule has 0 radical (unpaired) electrons. The molecule has 1 N–H and O–H groups in total. The summed E-state index contributed by atoms with van der Waals surface area (Å²) < 4.78 is 0. The van der Waals surface area contributed by atoms with E-state index in [4.69, 9.17) is 9.97 Å². The zero-order valence-electron chi connectivity index (χ0n) is 13.0. The van der Waals surface area contributed by atoms with Crippen molar-refractivity contribution < 1.29 is 4.79 Å². The molecule has 0 bridgehead atoms. The molecule has 3 heterocycles. The van der Waals surface area contributed by atoms with Gasteiger partial charge in [0.1, 0.15) is 10.6 Å². The predicted molar refractivity (Wildman–Crippen MR) is 90.8 cm³/mol. The van der Waals surface area contributed by atoms with Gasteiger partial charge in [-0.3, -0.25) is 4.79 Å². The van der Waals surface area contributed by atoms with Crippen LogP contribution in [0.5, 0.6) is 0 Å². The van der Waals surface area contributed by atoms with Crippen LogP contribution in [0.2, 0.25) is 0 Å². The minimum atomic E-state index is 0.728. The Morgan fingerprint density at radius 1 is 1.27 bits per heavy atom. The topological polar surface area (TPSA) is 61.4 Å². The second-order valence-corrected chi connectivity index (χ2v) is 6.18. The Balaban J connectivity index is 1.95. The molecule has 0 unspecified atom stereocenters. The van der Waals surface area contributed by atoms with Gasteiger partial charge in [0.2, 0.25) is 12.4 Å². The van der Waals surface area contributed by atoms with E-state index in [1.807, 2.05) is 0 Å². The first-order valence-corrected chi connectivity index (χ1v) is 8.61. The van der Waals surface area contributed by atoms with Crippen molar-refractivity contribution in [3.63, 3.8) is 0 Å². The highest BCUT2D eigenvalue weighted by Gasteiger charge is 2.20. The first-order valence-electron chi connectivity index (χ1n) is 7.73. The van der Waals surface area contributed by atoms with Crippen LogP contribution in [0.4, 0.5) is 11.8 Å². The normalized spacial score (nSPS) is 15.4. The number of nitrogens with zero attached hydrogens (tertiary/aromatic N) is 4. The molecule has 118 valence electrons. The summed E-state index contributed by atoms with van der Waals surface area (Å²) >= 11 is 1.68. The van der Waals surface area contributed by atoms with Crippen LogP contribution in [0.3, 0.4) is 0 Å². The number of aryl methyl sites for hydroxylation is 1. The number of hydrogen-bond acceptors (Lipinski definition) is 6. The fourth-order valence-electron chi connectivity index (χ4n) is 2.71. The predicted octanol–water partition coefficient (Wildman–Crippen LogP) is 1.96. The lowest BCUT2D eigenvalue weighted by Gasteiger charge is -2.32. The number of fused-ring (bicyclic) bond motifs is 1. The second-order valence-electron chi connectivity index (χ2n) is 5.33. The summed E-state index contributed by atoms with van der Waals surface area (Å²) in [6.07, 6.45) is 1.90. The van der Waals surface area contributed by atoms with Gasteiger partial charge < -0.3 is 15.1 Å². The van der Waals surface area contributed by atoms with Gasteiger partial charge in [0, 0.05) is 32.7 Å². The van der Waals surface area contributed by atoms with Crippen LogP contribution in [-0.2, 0) is 11.2 Å². The average molecular weight is 319 g/mol. The molecule has 1 saturated heterocycles. The Hall–Kier alpha value is -1.89. The third-order valence-electron chi connectivity index (χ3n) is 3.97. The summed E-state index contributed by atoms with van der Waals surface area (Å²) in [7, 11) is 0. The lowest BCUT2D eigenvalue weighted by molar-refractivity contribution is -0.118. The molecular formula is C15H21N5OS. The van der Waals surface area contributed by atoms with Gasteiger partial charge in [-0.05, 0) is 24.3 Å². The number of hydrogen-bond donors (Lipinski definition) is 1. The Morgan fingerprint density at radius 2 is 2.05 bits per heavy atom. The quantitative estimate of drug-likeness (QED) is 0.854. The Labute approximate surface area is 134 Å². The number of piperazine rings is 1. The molecule has 1 amide bonds. The number of rotatable bonds is 5. The van der Waals surface area contributed by atoms with E-state index in [-0.39, 0.29) is 0 Å². The highest BCUT2D eigenvalue weighted by atomic mass is 32.1. The number of nitrogens with one attached hydrogen (secondary N) is 1. The minimum Gasteiger partial charge on any atom is -0.370 e. The smallest absolute Gasteiger partial charge is 0.228 e. The lowest BCUT2D eigenvalue weighted by Crippen LogP contribution is -2.46. The van der Waals surface area contributed by atoms with Crippen LogP contribution in [0.1, 0.15) is 19.4 Å². The maximum atomic E-state index is 10.8. The molecule has 0 atom stereocenters. The van der Waals surface area contributed by atoms with Crippen molar-refractivity contribution in [3.8, 4) is 0 Å². The molecule has 1 fully saturated rings. The summed E-state index contributed by atoms with van der Waals surface area (Å²) in [6, 6.07) is 0. The molecule has 0 aliphatic carbocycles. The van der Waals surface area contributed by atoms with Crippen LogP contribution >= 0.6 is 11.3 Å². The number of amides is 1. The molecule has 2 aromatic rings. The van der Waals surface area contributed by atoms with E-state index in [2.05, 4.69) is 29.4 Å². The molecule has 0 spiro atoms. The first kappa shape index (κ1) is 15.0. The molecular weight excluding hydrogens is 298 g/mol. The van der Waals surface area contributed by atoms with Crippen molar-refractivity contribution in [2.45, 2.75) is 20.3 Å². The summed E-state index contributed by atoms with van der Waals surface area (Å²) in [5, 5.41) is 6.71. The highest BCUT2D eigenvalue weighted by Crippen LogP contribution is 2.32. The van der Waals surface area contributed by atoms with E-state index in [0.717, 1.165) is 67.5 Å². The van der Waals surface area contributed by atoms with Gasteiger partial charge in [-0.25, -0.2) is 4.98 Å². The van der Waals surface area contributed by atoms with Crippen LogP contribution < -0.4 is 10.2 Å². The van der Waals surface area contributed by atoms with E-state index in [0.29, 0.717) is 0 Å². The molecule has 3 rings (SSSR count). The maximum absolute atomic E-state index is 10.8. The van der Waals surface area contributed by atoms with Crippen molar-refractivity contribution >= 4 is 39.7 Å². The number of thiophene rings is 1. The zero-order valence-corrected chi connectivity index (χ0v) is 13.8. The van der Waals surface area contributed by atoms with Gasteiger partial charge in [-0.2, -0.15) is 4.98 Å². The van der Waals surface area contributed by atoms with Crippen molar-refractivity contribution in [1.29, 1.82) is 0 Å². The fourth-order valence-corrected chi connectivity index (χ4v) is 3.73. The monoisotopic (exact) mass is 319 g/mol. The van der Waals surface area contributed by atoms with Gasteiger partial charge in [0.15, 0.2) is 0 Å². The van der Waals surface area contributed by atoms with Gasteiger partial charge in [-0.1, -0.05) is 6.92 Å². The first-order chi connectivity index (χ1) is 10.8. The Bertz CT molecular complexity index is 663. The van der Waals surface area contributed by atoms with Gasteiger partial charge in [0.25, 0.3) is 0 Å². The minimum absolute atomic E-state index is 0.728. The number of anilines is 2. The fraction of sp³-hybridized carbons (Fsp3) is 0.533. The van der Waals surface area contributed by atoms with E-state index >= 15 is 0 Å². The highest BCUT2D eigenvalue weighted by molar-refractivity contribution is 7.17. The standard InChI is InChI=1S/C15H21N5OS/c1-3-11-9-22-14-12(11)13(16-4-2)17-15(18-14)20-7-5-19(10-21)6-8-20/h9-10H,3-8H2,1-2H3,(H,16,17,18). The summed E-state index contributed by atoms with van der Waals surface area (Å²) in [6.45, 7) is 8.09. The summed E-state index contributed by atoms with van der Waals surface area (Å²) in [4.78, 5) is 25.3. The molecule has 0 saturated carbocycles. The molecule has 7 heteroatoms. The van der Waals surface area contributed by atoms with Crippen molar-refractivity contribution in [1.82, 2.24) is 14.9 Å². The zero-order chi connectivity index (χ0) is 15.5. The second kappa shape index (κ2) is 6.48. The molecule has 0 aromatic carbocycles. The molecule has 1 aliphatic heterocycles.